The van der Waals surface area contributed by atoms with Gasteiger partial charge in [0.2, 0.25) is 5.91 Å². The molecule has 1 amide bonds. The summed E-state index contributed by atoms with van der Waals surface area (Å²) in [5, 5.41) is 6.42. The molecule has 2 unspecified atom stereocenters. The normalized spacial score (nSPS) is 21.1. The predicted molar refractivity (Wildman–Crippen MR) is 78.1 cm³/mol. The van der Waals surface area contributed by atoms with E-state index in [1.807, 2.05) is 12.4 Å². The van der Waals surface area contributed by atoms with Crippen molar-refractivity contribution in [3.8, 4) is 0 Å². The Kier molecular flexibility index (Phi) is 5.34. The van der Waals surface area contributed by atoms with Crippen molar-refractivity contribution < 1.29 is 4.79 Å². The van der Waals surface area contributed by atoms with E-state index in [-0.39, 0.29) is 5.91 Å². The lowest BCUT2D eigenvalue weighted by atomic mass is 9.85. The fourth-order valence-electron chi connectivity index (χ4n) is 2.57. The van der Waals surface area contributed by atoms with Crippen LogP contribution < -0.4 is 10.6 Å². The molecule has 0 saturated carbocycles. The number of aryl methyl sites for hydroxylation is 1. The molecule has 5 heteroatoms. The molecule has 0 radical (unpaired) electrons. The zero-order valence-electron chi connectivity index (χ0n) is 11.7. The van der Waals surface area contributed by atoms with Gasteiger partial charge in [-0.1, -0.05) is 6.92 Å². The summed E-state index contributed by atoms with van der Waals surface area (Å²) in [4.78, 5) is 17.3. The van der Waals surface area contributed by atoms with Crippen molar-refractivity contribution in [3.05, 3.63) is 16.1 Å². The van der Waals surface area contributed by atoms with Crippen LogP contribution in [0, 0.1) is 18.8 Å². The Labute approximate surface area is 119 Å². The molecule has 2 rings (SSSR count). The van der Waals surface area contributed by atoms with Crippen molar-refractivity contribution in [1.82, 2.24) is 15.6 Å². The number of aromatic nitrogens is 1. The Morgan fingerprint density at radius 3 is 3.16 bits per heavy atom. The quantitative estimate of drug-likeness (QED) is 0.869. The number of rotatable bonds is 5. The average Bonchev–Trinajstić information content (AvgIpc) is 2.83. The van der Waals surface area contributed by atoms with Gasteiger partial charge in [0, 0.05) is 11.3 Å². The molecule has 1 aliphatic rings. The molecular weight excluding hydrogens is 258 g/mol. The van der Waals surface area contributed by atoms with Crippen molar-refractivity contribution in [2.45, 2.75) is 39.7 Å². The van der Waals surface area contributed by atoms with E-state index >= 15 is 0 Å². The van der Waals surface area contributed by atoms with Gasteiger partial charge in [-0.05, 0) is 44.7 Å². The van der Waals surface area contributed by atoms with E-state index in [1.165, 1.54) is 12.8 Å². The van der Waals surface area contributed by atoms with Gasteiger partial charge in [-0.3, -0.25) is 4.79 Å². The Balaban J connectivity index is 1.73. The lowest BCUT2D eigenvalue weighted by molar-refractivity contribution is -0.122. The third-order valence-electron chi connectivity index (χ3n) is 3.94. The van der Waals surface area contributed by atoms with Crippen molar-refractivity contribution >= 4 is 17.2 Å². The summed E-state index contributed by atoms with van der Waals surface area (Å²) in [7, 11) is 0. The first kappa shape index (κ1) is 14.5. The first-order chi connectivity index (χ1) is 9.16. The second-order valence-corrected chi connectivity index (χ2v) is 6.36. The molecule has 19 heavy (non-hydrogen) atoms. The number of piperidine rings is 1. The number of nitrogens with zero attached hydrogens (tertiary/aromatic N) is 1. The lowest BCUT2D eigenvalue weighted by Crippen LogP contribution is -2.35. The van der Waals surface area contributed by atoms with E-state index in [1.54, 1.807) is 11.3 Å². The summed E-state index contributed by atoms with van der Waals surface area (Å²) < 4.78 is 0. The molecule has 2 N–H and O–H groups in total. The molecular formula is C14H23N3OS. The lowest BCUT2D eigenvalue weighted by Gasteiger charge is -2.28. The van der Waals surface area contributed by atoms with Crippen molar-refractivity contribution in [2.24, 2.45) is 11.8 Å². The number of carbonyl (C=O) groups is 1. The Morgan fingerprint density at radius 1 is 1.68 bits per heavy atom. The third kappa shape index (κ3) is 4.28. The van der Waals surface area contributed by atoms with E-state index in [9.17, 15) is 4.79 Å². The maximum atomic E-state index is 12.0. The zero-order valence-corrected chi connectivity index (χ0v) is 12.6. The van der Waals surface area contributed by atoms with Crippen LogP contribution in [0.4, 0.5) is 0 Å². The predicted octanol–water partition coefficient (Wildman–Crippen LogP) is 2.09. The molecule has 2 heterocycles. The second kappa shape index (κ2) is 7.01. The highest BCUT2D eigenvalue weighted by atomic mass is 32.1. The summed E-state index contributed by atoms with van der Waals surface area (Å²) in [5.41, 5.74) is 2.85. The van der Waals surface area contributed by atoms with Crippen LogP contribution >= 0.6 is 11.3 Å². The fraction of sp³-hybridized carbons (Fsp3) is 0.714. The van der Waals surface area contributed by atoms with Crippen LogP contribution in [0.5, 0.6) is 0 Å². The number of hydrogen-bond donors (Lipinski definition) is 2. The number of carbonyl (C=O) groups excluding carboxylic acids is 1. The summed E-state index contributed by atoms with van der Waals surface area (Å²) >= 11 is 1.60. The first-order valence-corrected chi connectivity index (χ1v) is 7.91. The minimum Gasteiger partial charge on any atom is -0.351 e. The van der Waals surface area contributed by atoms with Crippen molar-refractivity contribution in [1.29, 1.82) is 0 Å². The van der Waals surface area contributed by atoms with Gasteiger partial charge in [0.15, 0.2) is 0 Å². The topological polar surface area (TPSA) is 54.0 Å². The highest BCUT2D eigenvalue weighted by Gasteiger charge is 2.21. The molecule has 4 nitrogen and oxygen atoms in total. The summed E-state index contributed by atoms with van der Waals surface area (Å²) in [5.74, 6) is 1.26. The molecule has 0 aromatic carbocycles. The Hall–Kier alpha value is -0.940. The molecule has 1 fully saturated rings. The van der Waals surface area contributed by atoms with Gasteiger partial charge in [0.25, 0.3) is 0 Å². The highest BCUT2D eigenvalue weighted by molar-refractivity contribution is 7.09. The molecule has 106 valence electrons. The molecule has 0 bridgehead atoms. The number of hydrogen-bond acceptors (Lipinski definition) is 4. The molecule has 0 spiro atoms. The van der Waals surface area contributed by atoms with Crippen LogP contribution in [0.25, 0.3) is 0 Å². The van der Waals surface area contributed by atoms with Crippen LogP contribution in [-0.4, -0.2) is 24.0 Å². The molecule has 1 aromatic rings. The molecule has 0 aliphatic carbocycles. The molecule has 1 saturated heterocycles. The first-order valence-electron chi connectivity index (χ1n) is 7.03. The summed E-state index contributed by atoms with van der Waals surface area (Å²) in [6, 6.07) is 0. The molecule has 1 aromatic heterocycles. The average molecular weight is 281 g/mol. The van der Waals surface area contributed by atoms with Crippen molar-refractivity contribution in [3.63, 3.8) is 0 Å². The van der Waals surface area contributed by atoms with Crippen LogP contribution in [0.15, 0.2) is 5.51 Å². The molecule has 1 aliphatic heterocycles. The van der Waals surface area contributed by atoms with Crippen molar-refractivity contribution in [2.75, 3.05) is 13.1 Å². The second-order valence-electron chi connectivity index (χ2n) is 5.43. The number of amides is 1. The maximum absolute atomic E-state index is 12.0. The van der Waals surface area contributed by atoms with Gasteiger partial charge < -0.3 is 10.6 Å². The fourth-order valence-corrected chi connectivity index (χ4v) is 3.29. The maximum Gasteiger partial charge on any atom is 0.220 e. The zero-order chi connectivity index (χ0) is 13.7. The molecule has 2 atom stereocenters. The van der Waals surface area contributed by atoms with Crippen LogP contribution in [0.1, 0.15) is 36.8 Å². The highest BCUT2D eigenvalue weighted by Crippen LogP contribution is 2.22. The van der Waals surface area contributed by atoms with Crippen LogP contribution in [-0.2, 0) is 11.3 Å². The van der Waals surface area contributed by atoms with Gasteiger partial charge in [-0.25, -0.2) is 4.98 Å². The van der Waals surface area contributed by atoms with E-state index in [0.717, 1.165) is 23.7 Å². The van der Waals surface area contributed by atoms with Gasteiger partial charge >= 0.3 is 0 Å². The number of thiazole rings is 1. The van der Waals surface area contributed by atoms with Crippen LogP contribution in [0.3, 0.4) is 0 Å². The summed E-state index contributed by atoms with van der Waals surface area (Å²) in [6.07, 6.45) is 3.11. The van der Waals surface area contributed by atoms with E-state index < -0.39 is 0 Å². The minimum atomic E-state index is 0.158. The Bertz CT molecular complexity index is 413. The van der Waals surface area contributed by atoms with Crippen LogP contribution in [0.2, 0.25) is 0 Å². The van der Waals surface area contributed by atoms with E-state index in [0.29, 0.717) is 24.8 Å². The van der Waals surface area contributed by atoms with Gasteiger partial charge in [0.1, 0.15) is 0 Å². The largest absolute Gasteiger partial charge is 0.351 e. The Morgan fingerprint density at radius 2 is 2.53 bits per heavy atom. The third-order valence-corrected chi connectivity index (χ3v) is 4.87. The van der Waals surface area contributed by atoms with E-state index in [2.05, 4.69) is 22.5 Å². The van der Waals surface area contributed by atoms with E-state index in [4.69, 9.17) is 0 Å². The smallest absolute Gasteiger partial charge is 0.220 e. The standard InChI is InChI=1S/C14H23N3OS/c1-10(12-4-3-5-15-7-12)6-14(18)16-8-13-11(2)17-9-19-13/h9-10,12,15H,3-8H2,1-2H3,(H,16,18). The van der Waals surface area contributed by atoms with Gasteiger partial charge in [-0.15, -0.1) is 11.3 Å². The minimum absolute atomic E-state index is 0.158. The SMILES string of the molecule is Cc1ncsc1CNC(=O)CC(C)C1CCCNC1. The number of nitrogens with one attached hydrogen (secondary N) is 2. The summed E-state index contributed by atoms with van der Waals surface area (Å²) in [6.45, 7) is 6.97. The monoisotopic (exact) mass is 281 g/mol. The van der Waals surface area contributed by atoms with Gasteiger partial charge in [0.05, 0.1) is 17.7 Å². The van der Waals surface area contributed by atoms with Gasteiger partial charge in [-0.2, -0.15) is 0 Å².